The summed E-state index contributed by atoms with van der Waals surface area (Å²) in [5.74, 6) is 0.457. The fraction of sp³-hybridized carbons (Fsp3) is 0.636. The van der Waals surface area contributed by atoms with Crippen LogP contribution in [0.5, 0.6) is 0 Å². The Hall–Kier alpha value is -1.97. The molecule has 2 amide bonds. The maximum atomic E-state index is 12.7. The highest BCUT2D eigenvalue weighted by Gasteiger charge is 2.31. The van der Waals surface area contributed by atoms with Gasteiger partial charge in [-0.15, -0.1) is 0 Å². The third-order valence-electron chi connectivity index (χ3n) is 6.47. The third kappa shape index (κ3) is 6.51. The van der Waals surface area contributed by atoms with Crippen molar-refractivity contribution in [2.75, 3.05) is 32.7 Å². The number of hydrogen-bond donors (Lipinski definition) is 2. The van der Waals surface area contributed by atoms with Crippen molar-refractivity contribution in [1.82, 2.24) is 15.1 Å². The molecule has 1 saturated heterocycles. The number of sulfonamides is 1. The number of primary sulfonamides is 1. The van der Waals surface area contributed by atoms with Crippen molar-refractivity contribution in [3.05, 3.63) is 29.8 Å². The lowest BCUT2D eigenvalue weighted by molar-refractivity contribution is -0.139. The van der Waals surface area contributed by atoms with Gasteiger partial charge in [0.25, 0.3) is 0 Å². The van der Waals surface area contributed by atoms with Crippen molar-refractivity contribution in [2.45, 2.75) is 56.4 Å². The first-order chi connectivity index (χ1) is 14.8. The molecular formula is C22H34N4O4S. The molecule has 0 spiro atoms. The van der Waals surface area contributed by atoms with Crippen LogP contribution in [0.4, 0.5) is 0 Å². The van der Waals surface area contributed by atoms with Crippen molar-refractivity contribution in [3.63, 3.8) is 0 Å². The van der Waals surface area contributed by atoms with Gasteiger partial charge in [-0.1, -0.05) is 31.4 Å². The van der Waals surface area contributed by atoms with E-state index in [0.717, 1.165) is 31.2 Å². The number of nitrogens with zero attached hydrogens (tertiary/aromatic N) is 2. The maximum Gasteiger partial charge on any atom is 0.238 e. The molecule has 1 heterocycles. The molecule has 0 bridgehead atoms. The van der Waals surface area contributed by atoms with Gasteiger partial charge in [0.15, 0.2) is 0 Å². The minimum absolute atomic E-state index is 0.0341. The Morgan fingerprint density at radius 2 is 1.68 bits per heavy atom. The lowest BCUT2D eigenvalue weighted by Crippen LogP contribution is -2.55. The Morgan fingerprint density at radius 3 is 2.26 bits per heavy atom. The second kappa shape index (κ2) is 10.6. The smallest absolute Gasteiger partial charge is 0.238 e. The second-order valence-electron chi connectivity index (χ2n) is 8.60. The van der Waals surface area contributed by atoms with Gasteiger partial charge in [-0.25, -0.2) is 13.6 Å². The normalized spacial score (nSPS) is 19.7. The van der Waals surface area contributed by atoms with E-state index in [2.05, 4.69) is 10.2 Å². The van der Waals surface area contributed by atoms with Crippen LogP contribution in [-0.2, 0) is 26.0 Å². The standard InChI is InChI=1S/C22H34N4O4S/c1-17(21(27)24-12-11-18-7-9-20(10-8-18)31(23,29)30)25-13-15-26(16-14-25)22(28)19-5-3-2-4-6-19/h7-10,17,19H,2-6,11-16H2,1H3,(H,24,27)(H2,23,29,30). The predicted molar refractivity (Wildman–Crippen MR) is 119 cm³/mol. The first kappa shape index (κ1) is 23.7. The Labute approximate surface area is 185 Å². The Balaban J connectivity index is 1.40. The molecule has 3 rings (SSSR count). The highest BCUT2D eigenvalue weighted by atomic mass is 32.2. The maximum absolute atomic E-state index is 12.7. The van der Waals surface area contributed by atoms with Gasteiger partial charge in [-0.05, 0) is 43.9 Å². The van der Waals surface area contributed by atoms with Gasteiger partial charge in [0.2, 0.25) is 21.8 Å². The fourth-order valence-electron chi connectivity index (χ4n) is 4.43. The molecule has 3 N–H and O–H groups in total. The molecule has 1 aliphatic heterocycles. The predicted octanol–water partition coefficient (Wildman–Crippen LogP) is 1.11. The average Bonchev–Trinajstić information content (AvgIpc) is 2.78. The Morgan fingerprint density at radius 1 is 1.06 bits per heavy atom. The van der Waals surface area contributed by atoms with Gasteiger partial charge < -0.3 is 10.2 Å². The SMILES string of the molecule is CC(C(=O)NCCc1ccc(S(N)(=O)=O)cc1)N1CCN(C(=O)C2CCCCC2)CC1. The van der Waals surface area contributed by atoms with E-state index in [1.165, 1.54) is 18.6 Å². The van der Waals surface area contributed by atoms with Gasteiger partial charge >= 0.3 is 0 Å². The number of rotatable bonds is 7. The molecule has 1 atom stereocenters. The lowest BCUT2D eigenvalue weighted by Gasteiger charge is -2.39. The summed E-state index contributed by atoms with van der Waals surface area (Å²) < 4.78 is 22.6. The molecule has 9 heteroatoms. The van der Waals surface area contributed by atoms with Crippen LogP contribution < -0.4 is 10.5 Å². The van der Waals surface area contributed by atoms with Crippen LogP contribution in [0.15, 0.2) is 29.2 Å². The summed E-state index contributed by atoms with van der Waals surface area (Å²) in [6, 6.07) is 6.11. The van der Waals surface area contributed by atoms with E-state index >= 15 is 0 Å². The van der Waals surface area contributed by atoms with Gasteiger partial charge in [-0.2, -0.15) is 0 Å². The molecule has 1 aromatic carbocycles. The van der Waals surface area contributed by atoms with Crippen molar-refractivity contribution < 1.29 is 18.0 Å². The Kier molecular flexibility index (Phi) is 8.07. The molecule has 0 radical (unpaired) electrons. The van der Waals surface area contributed by atoms with Crippen LogP contribution in [0.2, 0.25) is 0 Å². The minimum Gasteiger partial charge on any atom is -0.354 e. The summed E-state index contributed by atoms with van der Waals surface area (Å²) in [7, 11) is -3.69. The van der Waals surface area contributed by atoms with E-state index in [-0.39, 0.29) is 22.8 Å². The number of nitrogens with two attached hydrogens (primary N) is 1. The van der Waals surface area contributed by atoms with Gasteiger partial charge in [0.1, 0.15) is 0 Å². The highest BCUT2D eigenvalue weighted by molar-refractivity contribution is 7.89. The number of benzene rings is 1. The molecule has 2 fully saturated rings. The van der Waals surface area contributed by atoms with E-state index in [4.69, 9.17) is 5.14 Å². The third-order valence-corrected chi connectivity index (χ3v) is 7.40. The first-order valence-electron chi connectivity index (χ1n) is 11.2. The second-order valence-corrected chi connectivity index (χ2v) is 10.2. The summed E-state index contributed by atoms with van der Waals surface area (Å²) in [5, 5.41) is 8.06. The Bertz CT molecular complexity index is 858. The van der Waals surface area contributed by atoms with E-state index in [1.807, 2.05) is 11.8 Å². The number of carbonyl (C=O) groups excluding carboxylic acids is 2. The van der Waals surface area contributed by atoms with E-state index < -0.39 is 10.0 Å². The molecule has 1 aliphatic carbocycles. The van der Waals surface area contributed by atoms with Gasteiger partial charge in [0.05, 0.1) is 10.9 Å². The fourth-order valence-corrected chi connectivity index (χ4v) is 4.94. The largest absolute Gasteiger partial charge is 0.354 e. The number of nitrogens with one attached hydrogen (secondary N) is 1. The van der Waals surface area contributed by atoms with Crippen LogP contribution in [0.3, 0.4) is 0 Å². The van der Waals surface area contributed by atoms with E-state index in [1.54, 1.807) is 12.1 Å². The average molecular weight is 451 g/mol. The molecule has 2 aliphatic rings. The number of hydrogen-bond acceptors (Lipinski definition) is 5. The number of amides is 2. The minimum atomic E-state index is -3.69. The summed E-state index contributed by atoms with van der Waals surface area (Å²) in [6.07, 6.45) is 6.19. The zero-order chi connectivity index (χ0) is 22.4. The number of carbonyl (C=O) groups is 2. The molecule has 1 aromatic rings. The monoisotopic (exact) mass is 450 g/mol. The molecule has 0 aromatic heterocycles. The van der Waals surface area contributed by atoms with Crippen LogP contribution in [0.1, 0.15) is 44.6 Å². The summed E-state index contributed by atoms with van der Waals surface area (Å²) >= 11 is 0. The van der Waals surface area contributed by atoms with Crippen molar-refractivity contribution in [2.24, 2.45) is 11.1 Å². The zero-order valence-electron chi connectivity index (χ0n) is 18.3. The van der Waals surface area contributed by atoms with Crippen molar-refractivity contribution in [1.29, 1.82) is 0 Å². The van der Waals surface area contributed by atoms with Crippen LogP contribution in [0.25, 0.3) is 0 Å². The van der Waals surface area contributed by atoms with Crippen LogP contribution in [0, 0.1) is 5.92 Å². The summed E-state index contributed by atoms with van der Waals surface area (Å²) in [4.78, 5) is 29.4. The van der Waals surface area contributed by atoms with Gasteiger partial charge in [-0.3, -0.25) is 14.5 Å². The summed E-state index contributed by atoms with van der Waals surface area (Å²) in [6.45, 7) is 5.16. The molecule has 8 nitrogen and oxygen atoms in total. The topological polar surface area (TPSA) is 113 Å². The summed E-state index contributed by atoms with van der Waals surface area (Å²) in [5.41, 5.74) is 0.926. The van der Waals surface area contributed by atoms with Crippen LogP contribution >= 0.6 is 0 Å². The van der Waals surface area contributed by atoms with E-state index in [0.29, 0.717) is 45.1 Å². The molecule has 1 unspecified atom stereocenters. The van der Waals surface area contributed by atoms with E-state index in [9.17, 15) is 18.0 Å². The van der Waals surface area contributed by atoms with Crippen LogP contribution in [-0.4, -0.2) is 68.8 Å². The molecule has 31 heavy (non-hydrogen) atoms. The zero-order valence-corrected chi connectivity index (χ0v) is 19.1. The molecular weight excluding hydrogens is 416 g/mol. The van der Waals surface area contributed by atoms with Crippen molar-refractivity contribution >= 4 is 21.8 Å². The van der Waals surface area contributed by atoms with Crippen molar-refractivity contribution in [3.8, 4) is 0 Å². The highest BCUT2D eigenvalue weighted by Crippen LogP contribution is 2.26. The molecule has 1 saturated carbocycles. The molecule has 172 valence electrons. The first-order valence-corrected chi connectivity index (χ1v) is 12.7. The quantitative estimate of drug-likeness (QED) is 0.646. The van der Waals surface area contributed by atoms with Gasteiger partial charge in [0, 0.05) is 38.6 Å². The lowest BCUT2D eigenvalue weighted by atomic mass is 9.88. The number of piperazine rings is 1.